The third kappa shape index (κ3) is 6.91. The van der Waals surface area contributed by atoms with Gasteiger partial charge in [-0.2, -0.15) is 0 Å². The largest absolute Gasteiger partial charge is 0.312 e. The predicted octanol–water partition coefficient (Wildman–Crippen LogP) is 2.74. The van der Waals surface area contributed by atoms with Gasteiger partial charge < -0.3 is 10.2 Å². The third-order valence-electron chi connectivity index (χ3n) is 2.78. The molecule has 0 aromatic carbocycles. The summed E-state index contributed by atoms with van der Waals surface area (Å²) in [6, 6.07) is 0.792. The van der Waals surface area contributed by atoms with Gasteiger partial charge in [0.25, 0.3) is 0 Å². The summed E-state index contributed by atoms with van der Waals surface area (Å²) in [4.78, 5) is 2.41. The van der Waals surface area contributed by atoms with Crippen molar-refractivity contribution in [3.8, 4) is 0 Å². The molecule has 0 radical (unpaired) electrons. The van der Waals surface area contributed by atoms with E-state index in [2.05, 4.69) is 17.3 Å². The van der Waals surface area contributed by atoms with Gasteiger partial charge in [-0.25, -0.2) is 0 Å². The van der Waals surface area contributed by atoms with Gasteiger partial charge in [0, 0.05) is 12.6 Å². The van der Waals surface area contributed by atoms with Crippen LogP contribution in [0.15, 0.2) is 0 Å². The highest BCUT2D eigenvalue weighted by Crippen LogP contribution is 2.27. The summed E-state index contributed by atoms with van der Waals surface area (Å²) in [7, 11) is 2.21. The van der Waals surface area contributed by atoms with Crippen molar-refractivity contribution in [1.29, 1.82) is 0 Å². The van der Waals surface area contributed by atoms with Gasteiger partial charge in [-0.3, -0.25) is 0 Å². The molecule has 2 nitrogen and oxygen atoms in total. The van der Waals surface area contributed by atoms with Crippen LogP contribution in [0.2, 0.25) is 0 Å². The number of likely N-dealkylation sites (N-methyl/N-ethyl adjacent to an activating group) is 1. The van der Waals surface area contributed by atoms with E-state index >= 15 is 0 Å². The first-order valence-electron chi connectivity index (χ1n) is 6.76. The molecule has 1 aliphatic heterocycles. The first-order chi connectivity index (χ1) is 7.34. The zero-order valence-electron chi connectivity index (χ0n) is 11.3. The standard InChI is InChI=1S/C9H18N2.2C2H6/c1-11-5-4-9(7-11)10-6-8-2-3-8;2*1-2/h8-10H,2-7H2,1H3;2*1-2H3. The Labute approximate surface area is 96.4 Å². The number of nitrogens with one attached hydrogen (secondary N) is 1. The van der Waals surface area contributed by atoms with Gasteiger partial charge in [0.2, 0.25) is 0 Å². The van der Waals surface area contributed by atoms with Crippen LogP contribution in [0.5, 0.6) is 0 Å². The lowest BCUT2D eigenvalue weighted by atomic mass is 10.2. The minimum atomic E-state index is 0.792. The van der Waals surface area contributed by atoms with E-state index < -0.39 is 0 Å². The summed E-state index contributed by atoms with van der Waals surface area (Å²) in [5.41, 5.74) is 0. The first-order valence-corrected chi connectivity index (χ1v) is 6.76. The fourth-order valence-electron chi connectivity index (χ4n) is 1.76. The average Bonchev–Trinajstić information content (AvgIpc) is 3.04. The topological polar surface area (TPSA) is 15.3 Å². The van der Waals surface area contributed by atoms with E-state index in [1.165, 1.54) is 38.9 Å². The van der Waals surface area contributed by atoms with Crippen LogP contribution >= 0.6 is 0 Å². The number of likely N-dealkylation sites (tertiary alicyclic amines) is 1. The van der Waals surface area contributed by atoms with Crippen LogP contribution < -0.4 is 5.32 Å². The Morgan fingerprint density at radius 3 is 2.07 bits per heavy atom. The lowest BCUT2D eigenvalue weighted by molar-refractivity contribution is 0.396. The molecule has 15 heavy (non-hydrogen) atoms. The average molecular weight is 214 g/mol. The van der Waals surface area contributed by atoms with E-state index in [1.807, 2.05) is 27.7 Å². The molecule has 0 spiro atoms. The van der Waals surface area contributed by atoms with Crippen LogP contribution in [0.3, 0.4) is 0 Å². The zero-order chi connectivity index (χ0) is 11.7. The molecule has 1 unspecified atom stereocenters. The number of nitrogens with zero attached hydrogens (tertiary/aromatic N) is 1. The van der Waals surface area contributed by atoms with Gasteiger partial charge in [-0.05, 0) is 45.3 Å². The van der Waals surface area contributed by atoms with E-state index in [-0.39, 0.29) is 0 Å². The minimum Gasteiger partial charge on any atom is -0.312 e. The third-order valence-corrected chi connectivity index (χ3v) is 2.78. The molecule has 1 saturated carbocycles. The van der Waals surface area contributed by atoms with Crippen molar-refractivity contribution in [2.24, 2.45) is 5.92 Å². The van der Waals surface area contributed by atoms with Gasteiger partial charge in [0.1, 0.15) is 0 Å². The molecule has 2 fully saturated rings. The first kappa shape index (κ1) is 14.9. The van der Waals surface area contributed by atoms with Crippen LogP contribution in [0.4, 0.5) is 0 Å². The molecule has 1 saturated heterocycles. The summed E-state index contributed by atoms with van der Waals surface area (Å²) in [6.45, 7) is 11.8. The van der Waals surface area contributed by atoms with Crippen LogP contribution in [-0.2, 0) is 0 Å². The van der Waals surface area contributed by atoms with Gasteiger partial charge in [0.15, 0.2) is 0 Å². The highest BCUT2D eigenvalue weighted by atomic mass is 15.2. The van der Waals surface area contributed by atoms with Crippen LogP contribution in [0, 0.1) is 5.92 Å². The van der Waals surface area contributed by atoms with Crippen molar-refractivity contribution in [1.82, 2.24) is 10.2 Å². The molecule has 1 aliphatic carbocycles. The van der Waals surface area contributed by atoms with Crippen molar-refractivity contribution >= 4 is 0 Å². The summed E-state index contributed by atoms with van der Waals surface area (Å²) < 4.78 is 0. The summed E-state index contributed by atoms with van der Waals surface area (Å²) in [6.07, 6.45) is 4.29. The predicted molar refractivity (Wildman–Crippen MR) is 69.3 cm³/mol. The van der Waals surface area contributed by atoms with Crippen molar-refractivity contribution < 1.29 is 0 Å². The minimum absolute atomic E-state index is 0.792. The van der Waals surface area contributed by atoms with Crippen molar-refractivity contribution in [2.45, 2.75) is 53.0 Å². The smallest absolute Gasteiger partial charge is 0.0207 e. The van der Waals surface area contributed by atoms with E-state index in [9.17, 15) is 0 Å². The highest BCUT2D eigenvalue weighted by Gasteiger charge is 2.24. The SMILES string of the molecule is CC.CC.CN1CCC(NCC2CC2)C1. The lowest BCUT2D eigenvalue weighted by Crippen LogP contribution is -2.32. The van der Waals surface area contributed by atoms with E-state index in [4.69, 9.17) is 0 Å². The highest BCUT2D eigenvalue weighted by molar-refractivity contribution is 4.82. The summed E-state index contributed by atoms with van der Waals surface area (Å²) in [5.74, 6) is 1.03. The molecular weight excluding hydrogens is 184 g/mol. The zero-order valence-corrected chi connectivity index (χ0v) is 11.3. The quantitative estimate of drug-likeness (QED) is 0.777. The molecule has 0 amide bonds. The monoisotopic (exact) mass is 214 g/mol. The number of hydrogen-bond donors (Lipinski definition) is 1. The van der Waals surface area contributed by atoms with Crippen molar-refractivity contribution in [2.75, 3.05) is 26.7 Å². The van der Waals surface area contributed by atoms with E-state index in [0.29, 0.717) is 0 Å². The van der Waals surface area contributed by atoms with Gasteiger partial charge >= 0.3 is 0 Å². The molecular formula is C13H30N2. The molecule has 92 valence electrons. The van der Waals surface area contributed by atoms with Crippen molar-refractivity contribution in [3.05, 3.63) is 0 Å². The Bertz CT molecular complexity index is 132. The molecule has 1 heterocycles. The fraction of sp³-hybridized carbons (Fsp3) is 1.00. The maximum atomic E-state index is 3.63. The molecule has 1 N–H and O–H groups in total. The maximum absolute atomic E-state index is 3.63. The number of rotatable bonds is 3. The molecule has 2 aliphatic rings. The molecule has 0 aromatic rings. The molecule has 2 rings (SSSR count). The summed E-state index contributed by atoms with van der Waals surface area (Å²) >= 11 is 0. The van der Waals surface area contributed by atoms with Crippen LogP contribution in [0.25, 0.3) is 0 Å². The summed E-state index contributed by atoms with van der Waals surface area (Å²) in [5, 5.41) is 3.63. The number of hydrogen-bond acceptors (Lipinski definition) is 2. The lowest BCUT2D eigenvalue weighted by Gasteiger charge is -2.11. The Morgan fingerprint density at radius 1 is 1.07 bits per heavy atom. The van der Waals surface area contributed by atoms with Crippen LogP contribution in [-0.4, -0.2) is 37.6 Å². The van der Waals surface area contributed by atoms with E-state index in [0.717, 1.165) is 12.0 Å². The second-order valence-corrected chi connectivity index (χ2v) is 4.10. The second kappa shape index (κ2) is 9.17. The Morgan fingerprint density at radius 2 is 1.67 bits per heavy atom. The van der Waals surface area contributed by atoms with Gasteiger partial charge in [0.05, 0.1) is 0 Å². The Hall–Kier alpha value is -0.0800. The fourth-order valence-corrected chi connectivity index (χ4v) is 1.76. The van der Waals surface area contributed by atoms with E-state index in [1.54, 1.807) is 0 Å². The van der Waals surface area contributed by atoms with Crippen molar-refractivity contribution in [3.63, 3.8) is 0 Å². The van der Waals surface area contributed by atoms with Gasteiger partial charge in [-0.1, -0.05) is 27.7 Å². The molecule has 2 heteroatoms. The molecule has 0 aromatic heterocycles. The maximum Gasteiger partial charge on any atom is 0.0207 e. The van der Waals surface area contributed by atoms with Crippen LogP contribution in [0.1, 0.15) is 47.0 Å². The Kier molecular flexibility index (Phi) is 9.12. The molecule has 0 bridgehead atoms. The second-order valence-electron chi connectivity index (χ2n) is 4.10. The normalized spacial score (nSPS) is 25.0. The Balaban J connectivity index is 0.000000442. The molecule has 1 atom stereocenters. The van der Waals surface area contributed by atoms with Gasteiger partial charge in [-0.15, -0.1) is 0 Å².